The number of carbonyl (C=O) groups is 2. The van der Waals surface area contributed by atoms with E-state index in [1.54, 1.807) is 11.8 Å². The van der Waals surface area contributed by atoms with Crippen molar-refractivity contribution in [1.29, 1.82) is 0 Å². The number of rotatable bonds is 5. The molecule has 40 heavy (non-hydrogen) atoms. The summed E-state index contributed by atoms with van der Waals surface area (Å²) >= 11 is 1.73. The monoisotopic (exact) mass is 553 g/mol. The molecule has 8 heteroatoms. The Hall–Kier alpha value is -4.04. The molecule has 7 nitrogen and oxygen atoms in total. The van der Waals surface area contributed by atoms with Crippen LogP contribution in [0.2, 0.25) is 0 Å². The molecule has 0 saturated carbocycles. The Morgan fingerprint density at radius 3 is 2.30 bits per heavy atom. The molecule has 3 aromatic rings. The van der Waals surface area contributed by atoms with Crippen molar-refractivity contribution >= 4 is 45.9 Å². The third-order valence-corrected chi connectivity index (χ3v) is 8.41. The van der Waals surface area contributed by atoms with Crippen LogP contribution in [0.4, 0.5) is 21.9 Å². The van der Waals surface area contributed by atoms with Crippen molar-refractivity contribution < 1.29 is 9.59 Å². The largest absolute Gasteiger partial charge is 0.340 e. The molecule has 0 aliphatic carbocycles. The van der Waals surface area contributed by atoms with E-state index in [-0.39, 0.29) is 18.0 Å². The predicted molar refractivity (Wildman–Crippen MR) is 166 cm³/mol. The summed E-state index contributed by atoms with van der Waals surface area (Å²) in [5.41, 5.74) is 8.81. The molecule has 206 valence electrons. The summed E-state index contributed by atoms with van der Waals surface area (Å²) in [5.74, 6) is 0.862. The van der Waals surface area contributed by atoms with Gasteiger partial charge in [0.05, 0.1) is 17.3 Å². The van der Waals surface area contributed by atoms with Gasteiger partial charge >= 0.3 is 6.03 Å². The first-order chi connectivity index (χ1) is 19.2. The molecule has 2 aliphatic rings. The van der Waals surface area contributed by atoms with Crippen molar-refractivity contribution in [2.75, 3.05) is 28.2 Å². The minimum atomic E-state index is -0.297. The molecule has 3 N–H and O–H groups in total. The minimum absolute atomic E-state index is 0.150. The molecule has 3 aromatic carbocycles. The third-order valence-electron chi connectivity index (χ3n) is 7.34. The van der Waals surface area contributed by atoms with Gasteiger partial charge in [-0.3, -0.25) is 4.79 Å². The topological polar surface area (TPSA) is 85.8 Å². The van der Waals surface area contributed by atoms with Crippen LogP contribution >= 0.6 is 11.8 Å². The van der Waals surface area contributed by atoms with Crippen molar-refractivity contribution in [3.8, 4) is 0 Å². The first kappa shape index (κ1) is 27.5. The fraction of sp³-hybridized carbons (Fsp3) is 0.281. The first-order valence-corrected chi connectivity index (χ1v) is 14.5. The van der Waals surface area contributed by atoms with Gasteiger partial charge in [0, 0.05) is 29.4 Å². The molecule has 0 bridgehead atoms. The maximum atomic E-state index is 13.8. The summed E-state index contributed by atoms with van der Waals surface area (Å²) in [6.45, 7) is 10.7. The standard InChI is InChI=1S/C32H35N5O2S/c1-19-10-15-26(22(4)18-19)35-30(38)27-23(5)33-32-37(16-7-17-40-32)29(27)24-11-13-25(14-12-24)34-31(39)36-28-20(2)8-6-9-21(28)3/h6,8-15,18,29H,7,16-17H2,1-5H3,(H,35,38)(H2,34,36,39). The molecule has 1 unspecified atom stereocenters. The number of aryl methyl sites for hydroxylation is 4. The van der Waals surface area contributed by atoms with Gasteiger partial charge in [0.2, 0.25) is 0 Å². The Labute approximate surface area is 240 Å². The first-order valence-electron chi connectivity index (χ1n) is 13.5. The third kappa shape index (κ3) is 5.77. The van der Waals surface area contributed by atoms with E-state index in [4.69, 9.17) is 4.99 Å². The van der Waals surface area contributed by atoms with E-state index in [1.165, 1.54) is 0 Å². The molecular formula is C32H35N5O2S. The molecule has 0 spiro atoms. The summed E-state index contributed by atoms with van der Waals surface area (Å²) in [7, 11) is 0. The number of hydrogen-bond acceptors (Lipinski definition) is 5. The van der Waals surface area contributed by atoms with E-state index >= 15 is 0 Å². The van der Waals surface area contributed by atoms with Gasteiger partial charge in [-0.25, -0.2) is 9.79 Å². The number of amides is 3. The molecule has 5 rings (SSSR count). The van der Waals surface area contributed by atoms with E-state index in [0.29, 0.717) is 11.3 Å². The van der Waals surface area contributed by atoms with Crippen LogP contribution in [0.15, 0.2) is 76.9 Å². The summed E-state index contributed by atoms with van der Waals surface area (Å²) in [6, 6.07) is 19.1. The fourth-order valence-electron chi connectivity index (χ4n) is 5.29. The van der Waals surface area contributed by atoms with E-state index in [0.717, 1.165) is 68.8 Å². The number of thioether (sulfide) groups is 1. The summed E-state index contributed by atoms with van der Waals surface area (Å²) < 4.78 is 0. The number of fused-ring (bicyclic) bond motifs is 1. The maximum Gasteiger partial charge on any atom is 0.323 e. The van der Waals surface area contributed by atoms with Crippen LogP contribution in [0.25, 0.3) is 0 Å². The van der Waals surface area contributed by atoms with Gasteiger partial charge in [0.1, 0.15) is 0 Å². The van der Waals surface area contributed by atoms with Gasteiger partial charge in [-0.15, -0.1) is 0 Å². The van der Waals surface area contributed by atoms with Gasteiger partial charge in [0.15, 0.2) is 5.17 Å². The van der Waals surface area contributed by atoms with Crippen molar-refractivity contribution in [3.05, 3.63) is 99.8 Å². The van der Waals surface area contributed by atoms with Crippen molar-refractivity contribution in [1.82, 2.24) is 4.90 Å². The highest BCUT2D eigenvalue weighted by atomic mass is 32.2. The number of nitrogens with one attached hydrogen (secondary N) is 3. The Kier molecular flexibility index (Phi) is 7.98. The number of amidine groups is 1. The Morgan fingerprint density at radius 1 is 0.875 bits per heavy atom. The molecule has 2 aliphatic heterocycles. The summed E-state index contributed by atoms with van der Waals surface area (Å²) in [4.78, 5) is 33.6. The molecule has 0 aromatic heterocycles. The number of anilines is 3. The number of para-hydroxylation sites is 1. The number of hydrogen-bond donors (Lipinski definition) is 3. The van der Waals surface area contributed by atoms with E-state index in [2.05, 4.69) is 26.9 Å². The number of carbonyl (C=O) groups excluding carboxylic acids is 2. The zero-order chi connectivity index (χ0) is 28.4. The predicted octanol–water partition coefficient (Wildman–Crippen LogP) is 7.33. The van der Waals surface area contributed by atoms with Gasteiger partial charge in [-0.05, 0) is 81.5 Å². The average molecular weight is 554 g/mol. The van der Waals surface area contributed by atoms with Crippen LogP contribution in [-0.4, -0.2) is 34.3 Å². The van der Waals surface area contributed by atoms with Crippen molar-refractivity contribution in [2.24, 2.45) is 4.99 Å². The molecule has 1 fully saturated rings. The SMILES string of the molecule is CC1=C(C(=O)Nc2ccc(C)cc2C)C(c2ccc(NC(=O)Nc3c(C)cccc3C)cc2)N2CCCSC2=N1. The van der Waals surface area contributed by atoms with Crippen LogP contribution in [0.1, 0.15) is 47.2 Å². The highest BCUT2D eigenvalue weighted by Gasteiger charge is 2.37. The Bertz CT molecular complexity index is 1510. The van der Waals surface area contributed by atoms with Crippen LogP contribution < -0.4 is 16.0 Å². The van der Waals surface area contributed by atoms with Crippen LogP contribution in [-0.2, 0) is 4.79 Å². The zero-order valence-corrected chi connectivity index (χ0v) is 24.4. The highest BCUT2D eigenvalue weighted by Crippen LogP contribution is 2.40. The van der Waals surface area contributed by atoms with Gasteiger partial charge in [-0.1, -0.05) is 59.8 Å². The van der Waals surface area contributed by atoms with Gasteiger partial charge < -0.3 is 20.9 Å². The van der Waals surface area contributed by atoms with E-state index < -0.39 is 0 Å². The van der Waals surface area contributed by atoms with E-state index in [9.17, 15) is 9.59 Å². The van der Waals surface area contributed by atoms with Crippen molar-refractivity contribution in [3.63, 3.8) is 0 Å². The number of benzene rings is 3. The van der Waals surface area contributed by atoms with Crippen LogP contribution in [0.5, 0.6) is 0 Å². The minimum Gasteiger partial charge on any atom is -0.340 e. The fourth-order valence-corrected chi connectivity index (χ4v) is 6.31. The quantitative estimate of drug-likeness (QED) is 0.309. The number of allylic oxidation sites excluding steroid dienone is 1. The number of aliphatic imine (C=N–C) groups is 1. The molecular weight excluding hydrogens is 518 g/mol. The second-order valence-electron chi connectivity index (χ2n) is 10.4. The lowest BCUT2D eigenvalue weighted by molar-refractivity contribution is -0.113. The Morgan fingerprint density at radius 2 is 1.60 bits per heavy atom. The number of nitrogens with zero attached hydrogens (tertiary/aromatic N) is 2. The van der Waals surface area contributed by atoms with Gasteiger partial charge in [-0.2, -0.15) is 0 Å². The van der Waals surface area contributed by atoms with Crippen LogP contribution in [0.3, 0.4) is 0 Å². The van der Waals surface area contributed by atoms with E-state index in [1.807, 2.05) is 89.2 Å². The summed E-state index contributed by atoms with van der Waals surface area (Å²) in [5, 5.41) is 9.99. The summed E-state index contributed by atoms with van der Waals surface area (Å²) in [6.07, 6.45) is 1.02. The lowest BCUT2D eigenvalue weighted by atomic mass is 9.93. The van der Waals surface area contributed by atoms with Crippen LogP contribution in [0, 0.1) is 27.7 Å². The second kappa shape index (κ2) is 11.6. The van der Waals surface area contributed by atoms with Gasteiger partial charge in [0.25, 0.3) is 5.91 Å². The van der Waals surface area contributed by atoms with Crippen molar-refractivity contribution in [2.45, 2.75) is 47.1 Å². The molecule has 3 amide bonds. The molecule has 1 atom stereocenters. The average Bonchev–Trinajstić information content (AvgIpc) is 2.92. The highest BCUT2D eigenvalue weighted by molar-refractivity contribution is 8.13. The molecule has 2 heterocycles. The molecule has 1 saturated heterocycles. The smallest absolute Gasteiger partial charge is 0.323 e. The Balaban J connectivity index is 1.40. The zero-order valence-electron chi connectivity index (χ0n) is 23.6. The normalized spacial score (nSPS) is 16.7. The lowest BCUT2D eigenvalue weighted by Gasteiger charge is -2.41. The number of urea groups is 1. The lowest BCUT2D eigenvalue weighted by Crippen LogP contribution is -2.43. The maximum absolute atomic E-state index is 13.8. The second-order valence-corrected chi connectivity index (χ2v) is 11.5. The molecule has 0 radical (unpaired) electrons.